The standard InChI is InChI=1S/C17H20O6/c1-3-22-15(19)7-5-4-6-12-8-11-9-14(18)17(2,21)16(20)13(11)10-23-12/h8-10,21H,3-7H2,1-2H3/t17-/m1/s1. The first kappa shape index (κ1) is 17.1. The van der Waals surface area contributed by atoms with Crippen LogP contribution in [-0.4, -0.2) is 34.9 Å². The number of ketones is 2. The fraction of sp³-hybridized carbons (Fsp3) is 0.471. The van der Waals surface area contributed by atoms with Crippen molar-refractivity contribution in [2.75, 3.05) is 6.61 Å². The lowest BCUT2D eigenvalue weighted by Gasteiger charge is -2.27. The number of rotatable bonds is 6. The second kappa shape index (κ2) is 6.91. The smallest absolute Gasteiger partial charge is 0.305 e. The van der Waals surface area contributed by atoms with Crippen LogP contribution >= 0.6 is 0 Å². The minimum Gasteiger partial charge on any atom is -0.469 e. The third kappa shape index (κ3) is 3.76. The maximum absolute atomic E-state index is 12.1. The lowest BCUT2D eigenvalue weighted by molar-refractivity contribution is -0.144. The number of carbonyl (C=O) groups excluding carboxylic acids is 3. The van der Waals surface area contributed by atoms with Gasteiger partial charge >= 0.3 is 5.97 Å². The van der Waals surface area contributed by atoms with E-state index in [4.69, 9.17) is 9.47 Å². The highest BCUT2D eigenvalue weighted by Crippen LogP contribution is 2.32. The Morgan fingerprint density at radius 1 is 1.30 bits per heavy atom. The Hall–Kier alpha value is -2.21. The van der Waals surface area contributed by atoms with Crippen LogP contribution in [0.5, 0.6) is 0 Å². The number of hydrogen-bond donors (Lipinski definition) is 1. The number of ether oxygens (including phenoxy) is 2. The molecular formula is C17H20O6. The Bertz CT molecular complexity index is 621. The molecule has 1 atom stereocenters. The summed E-state index contributed by atoms with van der Waals surface area (Å²) >= 11 is 0. The molecule has 0 amide bonds. The zero-order valence-corrected chi connectivity index (χ0v) is 13.3. The number of carbonyl (C=O) groups is 3. The molecule has 0 radical (unpaired) electrons. The van der Waals surface area contributed by atoms with Gasteiger partial charge in [-0.2, -0.15) is 0 Å². The third-order valence-corrected chi connectivity index (χ3v) is 3.77. The number of unbranched alkanes of at least 4 members (excludes halogenated alkanes) is 1. The Kier molecular flexibility index (Phi) is 5.15. The summed E-state index contributed by atoms with van der Waals surface area (Å²) in [6.07, 6.45) is 6.49. The first-order valence-corrected chi connectivity index (χ1v) is 7.63. The van der Waals surface area contributed by atoms with Gasteiger partial charge in [-0.1, -0.05) is 0 Å². The van der Waals surface area contributed by atoms with E-state index < -0.39 is 17.2 Å². The number of fused-ring (bicyclic) bond motifs is 1. The van der Waals surface area contributed by atoms with Crippen molar-refractivity contribution in [3.63, 3.8) is 0 Å². The largest absolute Gasteiger partial charge is 0.469 e. The molecule has 1 aliphatic carbocycles. The van der Waals surface area contributed by atoms with Crippen LogP contribution in [0.3, 0.4) is 0 Å². The van der Waals surface area contributed by atoms with Crippen LogP contribution in [0, 0.1) is 0 Å². The van der Waals surface area contributed by atoms with Gasteiger partial charge in [-0.3, -0.25) is 14.4 Å². The first-order valence-electron chi connectivity index (χ1n) is 7.63. The second-order valence-electron chi connectivity index (χ2n) is 5.64. The van der Waals surface area contributed by atoms with Crippen LogP contribution in [-0.2, 0) is 23.9 Å². The number of hydrogen-bond acceptors (Lipinski definition) is 6. The minimum absolute atomic E-state index is 0.199. The maximum Gasteiger partial charge on any atom is 0.305 e. The molecule has 6 nitrogen and oxygen atoms in total. The van der Waals surface area contributed by atoms with Crippen LogP contribution in [0.4, 0.5) is 0 Å². The van der Waals surface area contributed by atoms with Crippen LogP contribution in [0.2, 0.25) is 0 Å². The van der Waals surface area contributed by atoms with Gasteiger partial charge in [0.15, 0.2) is 11.4 Å². The van der Waals surface area contributed by atoms with Crippen molar-refractivity contribution >= 4 is 17.5 Å². The van der Waals surface area contributed by atoms with E-state index >= 15 is 0 Å². The van der Waals surface area contributed by atoms with E-state index in [-0.39, 0.29) is 11.5 Å². The fourth-order valence-corrected chi connectivity index (χ4v) is 2.38. The molecule has 2 aliphatic rings. The lowest BCUT2D eigenvalue weighted by Crippen LogP contribution is -2.46. The van der Waals surface area contributed by atoms with Crippen LogP contribution in [0.15, 0.2) is 35.3 Å². The highest BCUT2D eigenvalue weighted by atomic mass is 16.5. The molecule has 0 bridgehead atoms. The average Bonchev–Trinajstić information content (AvgIpc) is 2.50. The average molecular weight is 320 g/mol. The number of allylic oxidation sites excluding steroid dienone is 3. The quantitative estimate of drug-likeness (QED) is 0.455. The molecule has 1 aliphatic heterocycles. The van der Waals surface area contributed by atoms with Crippen molar-refractivity contribution in [2.24, 2.45) is 0 Å². The molecule has 0 aromatic rings. The van der Waals surface area contributed by atoms with Crippen LogP contribution in [0.25, 0.3) is 0 Å². The van der Waals surface area contributed by atoms with Gasteiger partial charge in [-0.25, -0.2) is 0 Å². The normalized spacial score (nSPS) is 23.3. The third-order valence-electron chi connectivity index (χ3n) is 3.77. The highest BCUT2D eigenvalue weighted by Gasteiger charge is 2.44. The van der Waals surface area contributed by atoms with Crippen molar-refractivity contribution in [3.05, 3.63) is 35.3 Å². The van der Waals surface area contributed by atoms with Crippen LogP contribution < -0.4 is 0 Å². The van der Waals surface area contributed by atoms with Crippen molar-refractivity contribution in [1.29, 1.82) is 0 Å². The van der Waals surface area contributed by atoms with E-state index in [1.165, 1.54) is 19.3 Å². The number of esters is 1. The summed E-state index contributed by atoms with van der Waals surface area (Å²) in [7, 11) is 0. The molecule has 124 valence electrons. The van der Waals surface area contributed by atoms with Gasteiger partial charge in [0.05, 0.1) is 12.2 Å². The van der Waals surface area contributed by atoms with Gasteiger partial charge in [0.25, 0.3) is 0 Å². The summed E-state index contributed by atoms with van der Waals surface area (Å²) in [5, 5.41) is 9.88. The Balaban J connectivity index is 1.94. The zero-order valence-electron chi connectivity index (χ0n) is 13.3. The predicted octanol–water partition coefficient (Wildman–Crippen LogP) is 1.74. The van der Waals surface area contributed by atoms with Crippen molar-refractivity contribution in [2.45, 2.75) is 45.1 Å². The van der Waals surface area contributed by atoms with Crippen molar-refractivity contribution in [1.82, 2.24) is 0 Å². The molecule has 0 spiro atoms. The maximum atomic E-state index is 12.1. The zero-order chi connectivity index (χ0) is 17.0. The van der Waals surface area contributed by atoms with Gasteiger partial charge in [0.2, 0.25) is 5.78 Å². The van der Waals surface area contributed by atoms with Gasteiger partial charge in [-0.05, 0) is 44.4 Å². The van der Waals surface area contributed by atoms with Crippen molar-refractivity contribution < 1.29 is 29.0 Å². The summed E-state index contributed by atoms with van der Waals surface area (Å²) in [5.74, 6) is -0.889. The van der Waals surface area contributed by atoms with E-state index in [0.717, 1.165) is 6.42 Å². The Labute approximate surface area is 134 Å². The summed E-state index contributed by atoms with van der Waals surface area (Å²) in [6.45, 7) is 3.32. The van der Waals surface area contributed by atoms with Gasteiger partial charge < -0.3 is 14.6 Å². The van der Waals surface area contributed by atoms with E-state index in [0.29, 0.717) is 37.2 Å². The fourth-order valence-electron chi connectivity index (χ4n) is 2.38. The molecule has 6 heteroatoms. The lowest BCUT2D eigenvalue weighted by atomic mass is 9.80. The topological polar surface area (TPSA) is 89.9 Å². The van der Waals surface area contributed by atoms with Crippen LogP contribution in [0.1, 0.15) is 39.5 Å². The van der Waals surface area contributed by atoms with Crippen molar-refractivity contribution in [3.8, 4) is 0 Å². The van der Waals surface area contributed by atoms with E-state index in [2.05, 4.69) is 0 Å². The summed E-state index contributed by atoms with van der Waals surface area (Å²) in [5.41, 5.74) is -1.37. The molecule has 0 unspecified atom stereocenters. The molecule has 0 aromatic carbocycles. The highest BCUT2D eigenvalue weighted by molar-refractivity contribution is 6.25. The predicted molar refractivity (Wildman–Crippen MR) is 81.1 cm³/mol. The first-order chi connectivity index (χ1) is 10.9. The molecule has 0 fully saturated rings. The van der Waals surface area contributed by atoms with Gasteiger partial charge in [0.1, 0.15) is 12.0 Å². The minimum atomic E-state index is -2.02. The molecule has 1 heterocycles. The Morgan fingerprint density at radius 3 is 2.74 bits per heavy atom. The molecule has 0 aromatic heterocycles. The monoisotopic (exact) mass is 320 g/mol. The summed E-state index contributed by atoms with van der Waals surface area (Å²) in [4.78, 5) is 35.1. The number of aliphatic hydroxyl groups is 1. The van der Waals surface area contributed by atoms with E-state index in [1.807, 2.05) is 0 Å². The molecule has 0 saturated heterocycles. The summed E-state index contributed by atoms with van der Waals surface area (Å²) < 4.78 is 10.2. The molecule has 2 rings (SSSR count). The SMILES string of the molecule is CCOC(=O)CCCCC1=CC2=CC(=O)[C@@](C)(O)C(=O)C2=CO1. The van der Waals surface area contributed by atoms with E-state index in [1.54, 1.807) is 13.0 Å². The van der Waals surface area contributed by atoms with E-state index in [9.17, 15) is 19.5 Å². The molecular weight excluding hydrogens is 300 g/mol. The number of Topliss-reactive ketones (excluding diaryl/α,β-unsaturated/α-hetero) is 1. The molecule has 23 heavy (non-hydrogen) atoms. The van der Waals surface area contributed by atoms with Gasteiger partial charge in [-0.15, -0.1) is 0 Å². The van der Waals surface area contributed by atoms with Gasteiger partial charge in [0, 0.05) is 12.8 Å². The molecule has 1 N–H and O–H groups in total. The second-order valence-corrected chi connectivity index (χ2v) is 5.64. The Morgan fingerprint density at radius 2 is 2.04 bits per heavy atom. The summed E-state index contributed by atoms with van der Waals surface area (Å²) in [6, 6.07) is 0. The molecule has 0 saturated carbocycles.